The maximum absolute atomic E-state index is 12.1. The number of ether oxygens (including phenoxy) is 1. The molecule has 0 atom stereocenters. The fraction of sp³-hybridized carbons (Fsp3) is 0.222. The van der Waals surface area contributed by atoms with Crippen LogP contribution in [0.5, 0.6) is 5.75 Å². The lowest BCUT2D eigenvalue weighted by atomic mass is 10.1. The smallest absolute Gasteiger partial charge is 0.307 e. The molecule has 2 aromatic carbocycles. The second-order valence-electron chi connectivity index (χ2n) is 5.38. The number of nitrogens with zero attached hydrogens (tertiary/aromatic N) is 1. The van der Waals surface area contributed by atoms with Crippen molar-refractivity contribution in [2.24, 2.45) is 0 Å². The summed E-state index contributed by atoms with van der Waals surface area (Å²) in [4.78, 5) is 24.3. The molecule has 0 heterocycles. The van der Waals surface area contributed by atoms with E-state index in [-0.39, 0.29) is 18.9 Å². The third-order valence-corrected chi connectivity index (χ3v) is 3.65. The van der Waals surface area contributed by atoms with Gasteiger partial charge in [-0.15, -0.1) is 0 Å². The number of amides is 1. The lowest BCUT2D eigenvalue weighted by molar-refractivity contribution is -0.136. The normalized spacial score (nSPS) is 10.2. The van der Waals surface area contributed by atoms with Crippen LogP contribution in [0.15, 0.2) is 48.5 Å². The minimum absolute atomic E-state index is 0.0387. The van der Waals surface area contributed by atoms with E-state index in [2.05, 4.69) is 0 Å². The number of carboxylic acid groups (broad SMARTS) is 1. The summed E-state index contributed by atoms with van der Waals surface area (Å²) >= 11 is 5.83. The molecule has 0 saturated carbocycles. The quantitative estimate of drug-likeness (QED) is 0.836. The number of hydrogen-bond donors (Lipinski definition) is 1. The van der Waals surface area contributed by atoms with Crippen LogP contribution in [0.2, 0.25) is 5.02 Å². The zero-order valence-corrected chi connectivity index (χ0v) is 14.0. The van der Waals surface area contributed by atoms with E-state index in [1.165, 1.54) is 0 Å². The van der Waals surface area contributed by atoms with Crippen LogP contribution in [0.1, 0.15) is 11.1 Å². The third-order valence-electron chi connectivity index (χ3n) is 3.40. The van der Waals surface area contributed by atoms with Crippen LogP contribution in [0, 0.1) is 0 Å². The summed E-state index contributed by atoms with van der Waals surface area (Å²) in [6.45, 7) is 0.388. The molecule has 0 spiro atoms. The fourth-order valence-electron chi connectivity index (χ4n) is 2.09. The molecule has 0 aromatic heterocycles. The Kier molecular flexibility index (Phi) is 6.21. The second kappa shape index (κ2) is 8.36. The molecule has 0 aliphatic heterocycles. The van der Waals surface area contributed by atoms with E-state index >= 15 is 0 Å². The lowest BCUT2D eigenvalue weighted by Gasteiger charge is -2.17. The highest BCUT2D eigenvalue weighted by molar-refractivity contribution is 6.30. The monoisotopic (exact) mass is 347 g/mol. The van der Waals surface area contributed by atoms with Gasteiger partial charge < -0.3 is 14.7 Å². The van der Waals surface area contributed by atoms with Gasteiger partial charge in [0.1, 0.15) is 5.75 Å². The predicted molar refractivity (Wildman–Crippen MR) is 91.2 cm³/mol. The van der Waals surface area contributed by atoms with Gasteiger partial charge in [-0.1, -0.05) is 35.9 Å². The number of carbonyl (C=O) groups excluding carboxylic acids is 1. The minimum Gasteiger partial charge on any atom is -0.484 e. The number of hydrogen-bond acceptors (Lipinski definition) is 3. The van der Waals surface area contributed by atoms with Crippen molar-refractivity contribution < 1.29 is 19.4 Å². The molecule has 0 saturated heterocycles. The van der Waals surface area contributed by atoms with Crippen LogP contribution < -0.4 is 4.74 Å². The van der Waals surface area contributed by atoms with Gasteiger partial charge in [0.25, 0.3) is 5.91 Å². The first-order valence-electron chi connectivity index (χ1n) is 7.36. The van der Waals surface area contributed by atoms with Crippen LogP contribution in [0.3, 0.4) is 0 Å². The van der Waals surface area contributed by atoms with Gasteiger partial charge in [-0.3, -0.25) is 9.59 Å². The first-order chi connectivity index (χ1) is 11.4. The summed E-state index contributed by atoms with van der Waals surface area (Å²) in [5, 5.41) is 9.38. The Balaban J connectivity index is 1.83. The fourth-order valence-corrected chi connectivity index (χ4v) is 2.21. The molecule has 0 aliphatic carbocycles. The zero-order chi connectivity index (χ0) is 17.5. The molecule has 2 rings (SSSR count). The van der Waals surface area contributed by atoms with Crippen LogP contribution in [0.25, 0.3) is 0 Å². The lowest BCUT2D eigenvalue weighted by Crippen LogP contribution is -2.30. The van der Waals surface area contributed by atoms with Gasteiger partial charge in [0.15, 0.2) is 6.61 Å². The van der Waals surface area contributed by atoms with Gasteiger partial charge in [-0.2, -0.15) is 0 Å². The maximum atomic E-state index is 12.1. The molecule has 6 heteroatoms. The van der Waals surface area contributed by atoms with Gasteiger partial charge >= 0.3 is 5.97 Å². The number of benzene rings is 2. The molecule has 5 nitrogen and oxygen atoms in total. The first kappa shape index (κ1) is 17.8. The van der Waals surface area contributed by atoms with Crippen molar-refractivity contribution in [1.29, 1.82) is 0 Å². The number of halogens is 1. The Morgan fingerprint density at radius 3 is 2.21 bits per heavy atom. The van der Waals surface area contributed by atoms with E-state index < -0.39 is 5.97 Å². The highest BCUT2D eigenvalue weighted by atomic mass is 35.5. The molecular formula is C18H18ClNO4. The average Bonchev–Trinajstić information content (AvgIpc) is 2.55. The molecule has 0 bridgehead atoms. The van der Waals surface area contributed by atoms with Crippen molar-refractivity contribution >= 4 is 23.5 Å². The number of rotatable bonds is 7. The molecule has 1 amide bonds. The molecule has 24 heavy (non-hydrogen) atoms. The first-order valence-corrected chi connectivity index (χ1v) is 7.74. The number of carbonyl (C=O) groups is 2. The van der Waals surface area contributed by atoms with E-state index in [1.54, 1.807) is 48.3 Å². The summed E-state index contributed by atoms with van der Waals surface area (Å²) in [6, 6.07) is 14.0. The van der Waals surface area contributed by atoms with Crippen LogP contribution >= 0.6 is 11.6 Å². The standard InChI is InChI=1S/C18H18ClNO4/c1-20(11-14-2-6-15(19)7-3-14)17(21)12-24-16-8-4-13(5-9-16)10-18(22)23/h2-9H,10-12H2,1H3,(H,22,23). The van der Waals surface area contributed by atoms with Crippen LogP contribution in [-0.2, 0) is 22.6 Å². The largest absolute Gasteiger partial charge is 0.484 e. The summed E-state index contributed by atoms with van der Waals surface area (Å²) < 4.78 is 5.45. The van der Waals surface area contributed by atoms with E-state index in [0.717, 1.165) is 5.56 Å². The predicted octanol–water partition coefficient (Wildman–Crippen LogP) is 3.00. The summed E-state index contributed by atoms with van der Waals surface area (Å²) in [5.41, 5.74) is 1.66. The van der Waals surface area contributed by atoms with Crippen molar-refractivity contribution in [1.82, 2.24) is 4.90 Å². The highest BCUT2D eigenvalue weighted by Gasteiger charge is 2.10. The molecule has 0 unspecified atom stereocenters. The van der Waals surface area contributed by atoms with E-state index in [1.807, 2.05) is 12.1 Å². The zero-order valence-electron chi connectivity index (χ0n) is 13.2. The van der Waals surface area contributed by atoms with Crippen molar-refractivity contribution in [2.45, 2.75) is 13.0 Å². The molecule has 0 aliphatic rings. The molecule has 2 aromatic rings. The Bertz CT molecular complexity index is 698. The van der Waals surface area contributed by atoms with E-state index in [0.29, 0.717) is 22.9 Å². The summed E-state index contributed by atoms with van der Waals surface area (Å²) in [5.74, 6) is -0.514. The van der Waals surface area contributed by atoms with Gasteiger partial charge in [-0.05, 0) is 35.4 Å². The Morgan fingerprint density at radius 1 is 1.04 bits per heavy atom. The van der Waals surface area contributed by atoms with Crippen LogP contribution in [-0.4, -0.2) is 35.5 Å². The highest BCUT2D eigenvalue weighted by Crippen LogP contribution is 2.14. The van der Waals surface area contributed by atoms with Crippen molar-refractivity contribution in [3.63, 3.8) is 0 Å². The van der Waals surface area contributed by atoms with Gasteiger partial charge in [0.05, 0.1) is 6.42 Å². The number of aliphatic carboxylic acids is 1. The van der Waals surface area contributed by atoms with Crippen LogP contribution in [0.4, 0.5) is 0 Å². The number of likely N-dealkylation sites (N-methyl/N-ethyl adjacent to an activating group) is 1. The third kappa shape index (κ3) is 5.59. The molecule has 0 fully saturated rings. The van der Waals surface area contributed by atoms with Gasteiger partial charge in [0, 0.05) is 18.6 Å². The van der Waals surface area contributed by atoms with Crippen molar-refractivity contribution in [3.8, 4) is 5.75 Å². The molecule has 1 N–H and O–H groups in total. The van der Waals surface area contributed by atoms with E-state index in [4.69, 9.17) is 21.4 Å². The average molecular weight is 348 g/mol. The van der Waals surface area contributed by atoms with Crippen molar-refractivity contribution in [3.05, 3.63) is 64.7 Å². The number of carboxylic acids is 1. The Hall–Kier alpha value is -2.53. The van der Waals surface area contributed by atoms with Gasteiger partial charge in [-0.25, -0.2) is 0 Å². The molecule has 126 valence electrons. The van der Waals surface area contributed by atoms with E-state index in [9.17, 15) is 9.59 Å². The molecular weight excluding hydrogens is 330 g/mol. The Morgan fingerprint density at radius 2 is 1.62 bits per heavy atom. The summed E-state index contributed by atoms with van der Waals surface area (Å²) in [6.07, 6.45) is -0.0387. The second-order valence-corrected chi connectivity index (χ2v) is 5.82. The van der Waals surface area contributed by atoms with Gasteiger partial charge in [0.2, 0.25) is 0 Å². The Labute approximate surface area is 145 Å². The maximum Gasteiger partial charge on any atom is 0.307 e. The minimum atomic E-state index is -0.886. The summed E-state index contributed by atoms with van der Waals surface area (Å²) in [7, 11) is 1.70. The topological polar surface area (TPSA) is 66.8 Å². The molecule has 0 radical (unpaired) electrons. The van der Waals surface area contributed by atoms with Crippen molar-refractivity contribution in [2.75, 3.05) is 13.7 Å². The SMILES string of the molecule is CN(Cc1ccc(Cl)cc1)C(=O)COc1ccc(CC(=O)O)cc1.